The third kappa shape index (κ3) is 2.68. The van der Waals surface area contributed by atoms with Crippen molar-refractivity contribution in [3.63, 3.8) is 0 Å². The summed E-state index contributed by atoms with van der Waals surface area (Å²) in [6.07, 6.45) is 3.26. The van der Waals surface area contributed by atoms with Gasteiger partial charge >= 0.3 is 0 Å². The van der Waals surface area contributed by atoms with Gasteiger partial charge in [0.15, 0.2) is 0 Å². The number of aryl methyl sites for hydroxylation is 2. The Labute approximate surface area is 131 Å². The standard InChI is InChI=1S/C17H25NO4/c1-12-9-15(13(2)22-12)16(19)18-7-8-21-17(11-18)6-4-5-14(17)10-20-3/h9,14H,4-8,10-11H2,1-3H3/t14-,17-/m0/s1. The van der Waals surface area contributed by atoms with E-state index in [4.69, 9.17) is 13.9 Å². The van der Waals surface area contributed by atoms with Crippen LogP contribution in [0.5, 0.6) is 0 Å². The fourth-order valence-corrected chi connectivity index (χ4v) is 3.94. The van der Waals surface area contributed by atoms with Crippen molar-refractivity contribution in [2.75, 3.05) is 33.4 Å². The molecule has 1 aromatic heterocycles. The number of carbonyl (C=O) groups excluding carboxylic acids is 1. The van der Waals surface area contributed by atoms with Crippen LogP contribution in [0.1, 0.15) is 41.1 Å². The zero-order valence-electron chi connectivity index (χ0n) is 13.7. The molecule has 5 nitrogen and oxygen atoms in total. The van der Waals surface area contributed by atoms with Crippen molar-refractivity contribution in [1.29, 1.82) is 0 Å². The highest BCUT2D eigenvalue weighted by molar-refractivity contribution is 5.95. The van der Waals surface area contributed by atoms with Crippen LogP contribution in [0.25, 0.3) is 0 Å². The smallest absolute Gasteiger partial charge is 0.257 e. The molecule has 1 spiro atoms. The molecule has 2 atom stereocenters. The first-order valence-corrected chi connectivity index (χ1v) is 8.05. The van der Waals surface area contributed by atoms with Gasteiger partial charge in [-0.3, -0.25) is 4.79 Å². The van der Waals surface area contributed by atoms with Crippen molar-refractivity contribution in [3.05, 3.63) is 23.2 Å². The Balaban J connectivity index is 1.78. The number of hydrogen-bond donors (Lipinski definition) is 0. The quantitative estimate of drug-likeness (QED) is 0.861. The van der Waals surface area contributed by atoms with Gasteiger partial charge in [0.2, 0.25) is 0 Å². The Bertz CT molecular complexity index is 553. The van der Waals surface area contributed by atoms with Gasteiger partial charge in [0.05, 0.1) is 30.9 Å². The van der Waals surface area contributed by atoms with Gasteiger partial charge in [0.1, 0.15) is 11.5 Å². The van der Waals surface area contributed by atoms with Crippen LogP contribution < -0.4 is 0 Å². The molecular weight excluding hydrogens is 282 g/mol. The normalized spacial score (nSPS) is 28.5. The topological polar surface area (TPSA) is 51.9 Å². The van der Waals surface area contributed by atoms with Gasteiger partial charge in [0.25, 0.3) is 5.91 Å². The van der Waals surface area contributed by atoms with Crippen LogP contribution in [-0.4, -0.2) is 49.8 Å². The minimum absolute atomic E-state index is 0.0556. The molecule has 1 saturated carbocycles. The first-order valence-electron chi connectivity index (χ1n) is 8.05. The average molecular weight is 307 g/mol. The van der Waals surface area contributed by atoms with E-state index in [2.05, 4.69) is 0 Å². The molecule has 0 bridgehead atoms. The Hall–Kier alpha value is -1.33. The van der Waals surface area contributed by atoms with E-state index in [1.165, 1.54) is 0 Å². The van der Waals surface area contributed by atoms with Crippen molar-refractivity contribution in [1.82, 2.24) is 4.90 Å². The summed E-state index contributed by atoms with van der Waals surface area (Å²) >= 11 is 0. The Morgan fingerprint density at radius 3 is 3.00 bits per heavy atom. The van der Waals surface area contributed by atoms with E-state index in [-0.39, 0.29) is 11.5 Å². The fraction of sp³-hybridized carbons (Fsp3) is 0.706. The number of amides is 1. The second kappa shape index (κ2) is 6.05. The maximum Gasteiger partial charge on any atom is 0.257 e. The summed E-state index contributed by atoms with van der Waals surface area (Å²) in [5.41, 5.74) is 0.451. The van der Waals surface area contributed by atoms with Crippen molar-refractivity contribution in [2.24, 2.45) is 5.92 Å². The van der Waals surface area contributed by atoms with Gasteiger partial charge in [-0.1, -0.05) is 6.42 Å². The largest absolute Gasteiger partial charge is 0.466 e. The first-order chi connectivity index (χ1) is 10.6. The maximum absolute atomic E-state index is 12.8. The van der Waals surface area contributed by atoms with Gasteiger partial charge in [-0.05, 0) is 32.8 Å². The van der Waals surface area contributed by atoms with Crippen LogP contribution >= 0.6 is 0 Å². The molecule has 2 aliphatic rings. The summed E-state index contributed by atoms with van der Waals surface area (Å²) in [5, 5.41) is 0. The summed E-state index contributed by atoms with van der Waals surface area (Å²) in [5.74, 6) is 1.91. The number of carbonyl (C=O) groups is 1. The zero-order valence-corrected chi connectivity index (χ0v) is 13.7. The monoisotopic (exact) mass is 307 g/mol. The number of methoxy groups -OCH3 is 1. The van der Waals surface area contributed by atoms with Crippen LogP contribution in [0.15, 0.2) is 10.5 Å². The minimum Gasteiger partial charge on any atom is -0.466 e. The average Bonchev–Trinajstić information content (AvgIpc) is 3.02. The number of nitrogens with zero attached hydrogens (tertiary/aromatic N) is 1. The van der Waals surface area contributed by atoms with E-state index in [1.807, 2.05) is 24.8 Å². The first kappa shape index (κ1) is 15.6. The third-order valence-corrected chi connectivity index (χ3v) is 5.03. The van der Waals surface area contributed by atoms with Crippen LogP contribution in [0.3, 0.4) is 0 Å². The lowest BCUT2D eigenvalue weighted by molar-refractivity contribution is -0.130. The highest BCUT2D eigenvalue weighted by atomic mass is 16.5. The van der Waals surface area contributed by atoms with Crippen LogP contribution in [-0.2, 0) is 9.47 Å². The van der Waals surface area contributed by atoms with Gasteiger partial charge in [-0.25, -0.2) is 0 Å². The minimum atomic E-state index is -0.226. The molecule has 1 aliphatic heterocycles. The lowest BCUT2D eigenvalue weighted by Crippen LogP contribution is -2.56. The summed E-state index contributed by atoms with van der Waals surface area (Å²) < 4.78 is 17.0. The molecule has 0 radical (unpaired) electrons. The Morgan fingerprint density at radius 2 is 2.32 bits per heavy atom. The summed E-state index contributed by atoms with van der Waals surface area (Å²) in [7, 11) is 1.73. The number of hydrogen-bond acceptors (Lipinski definition) is 4. The second-order valence-corrected chi connectivity index (χ2v) is 6.51. The molecule has 0 aromatic carbocycles. The van der Waals surface area contributed by atoms with Crippen LogP contribution in [0.2, 0.25) is 0 Å². The third-order valence-electron chi connectivity index (χ3n) is 5.03. The van der Waals surface area contributed by atoms with Crippen LogP contribution in [0, 0.1) is 19.8 Å². The number of rotatable bonds is 3. The predicted octanol–water partition coefficient (Wildman–Crippen LogP) is 2.55. The molecule has 1 aromatic rings. The van der Waals surface area contributed by atoms with E-state index in [1.54, 1.807) is 7.11 Å². The van der Waals surface area contributed by atoms with E-state index in [0.29, 0.717) is 43.5 Å². The molecule has 0 N–H and O–H groups in total. The fourth-order valence-electron chi connectivity index (χ4n) is 3.94. The predicted molar refractivity (Wildman–Crippen MR) is 82.0 cm³/mol. The summed E-state index contributed by atoms with van der Waals surface area (Å²) in [6.45, 7) is 6.32. The van der Waals surface area contributed by atoms with Crippen molar-refractivity contribution >= 4 is 5.91 Å². The van der Waals surface area contributed by atoms with Gasteiger partial charge in [0, 0.05) is 19.6 Å². The molecule has 122 valence electrons. The molecule has 2 fully saturated rings. The number of morpholine rings is 1. The second-order valence-electron chi connectivity index (χ2n) is 6.51. The van der Waals surface area contributed by atoms with Gasteiger partial charge in [-0.2, -0.15) is 0 Å². The maximum atomic E-state index is 12.8. The van der Waals surface area contributed by atoms with Crippen LogP contribution in [0.4, 0.5) is 0 Å². The molecule has 22 heavy (non-hydrogen) atoms. The molecule has 0 unspecified atom stereocenters. The van der Waals surface area contributed by atoms with Gasteiger partial charge < -0.3 is 18.8 Å². The molecular formula is C17H25NO4. The molecule has 5 heteroatoms. The number of furan rings is 1. The van der Waals surface area contributed by atoms with E-state index in [0.717, 1.165) is 25.0 Å². The SMILES string of the molecule is COC[C@@H]1CCC[C@]12CN(C(=O)c1cc(C)oc1C)CCO2. The van der Waals surface area contributed by atoms with Gasteiger partial charge in [-0.15, -0.1) is 0 Å². The highest BCUT2D eigenvalue weighted by Crippen LogP contribution is 2.41. The molecule has 1 saturated heterocycles. The molecule has 1 amide bonds. The van der Waals surface area contributed by atoms with Crippen molar-refractivity contribution < 1.29 is 18.7 Å². The van der Waals surface area contributed by atoms with E-state index in [9.17, 15) is 4.79 Å². The molecule has 3 rings (SSSR count). The number of ether oxygens (including phenoxy) is 2. The van der Waals surface area contributed by atoms with Crippen molar-refractivity contribution in [2.45, 2.75) is 38.7 Å². The Kier molecular flexibility index (Phi) is 4.28. The van der Waals surface area contributed by atoms with E-state index >= 15 is 0 Å². The molecule has 2 heterocycles. The summed E-state index contributed by atoms with van der Waals surface area (Å²) in [4.78, 5) is 14.7. The lowest BCUT2D eigenvalue weighted by atomic mass is 9.89. The van der Waals surface area contributed by atoms with Crippen molar-refractivity contribution in [3.8, 4) is 0 Å². The lowest BCUT2D eigenvalue weighted by Gasteiger charge is -2.44. The van der Waals surface area contributed by atoms with E-state index < -0.39 is 0 Å². The zero-order chi connectivity index (χ0) is 15.7. The summed E-state index contributed by atoms with van der Waals surface area (Å²) in [6, 6.07) is 1.83. The molecule has 1 aliphatic carbocycles. The highest BCUT2D eigenvalue weighted by Gasteiger charge is 2.48. The Morgan fingerprint density at radius 1 is 1.50 bits per heavy atom.